The minimum absolute atomic E-state index is 0.0964. The zero-order valence-electron chi connectivity index (χ0n) is 10.4. The predicted octanol–water partition coefficient (Wildman–Crippen LogP) is -0.315. The molecule has 0 radical (unpaired) electrons. The Kier molecular flexibility index (Phi) is 3.77. The number of rotatable bonds is 5. The molecule has 20 heavy (non-hydrogen) atoms. The van der Waals surface area contributed by atoms with Crippen LogP contribution in [0, 0.1) is 6.92 Å². The van der Waals surface area contributed by atoms with E-state index in [9.17, 15) is 13.2 Å². The lowest BCUT2D eigenvalue weighted by Crippen LogP contribution is -2.25. The molecule has 0 bridgehead atoms. The number of carbonyl (C=O) groups is 1. The first-order valence-corrected chi connectivity index (χ1v) is 6.94. The zero-order valence-corrected chi connectivity index (χ0v) is 11.2. The molecule has 2 aromatic rings. The summed E-state index contributed by atoms with van der Waals surface area (Å²) in [7, 11) is -3.86. The number of nitrogens with one attached hydrogen (secondary N) is 2. The van der Waals surface area contributed by atoms with Crippen molar-refractivity contribution in [2.24, 2.45) is 0 Å². The smallest absolute Gasteiger partial charge is 0.335 e. The van der Waals surface area contributed by atoms with Gasteiger partial charge < -0.3 is 5.11 Å². The molecule has 3 N–H and O–H groups in total. The van der Waals surface area contributed by atoms with Crippen LogP contribution in [-0.4, -0.2) is 40.1 Å². The monoisotopic (exact) mass is 297 g/mol. The molecule has 2 rings (SSSR count). The molecular weight excluding hydrogens is 286 g/mol. The third-order valence-corrected chi connectivity index (χ3v) is 4.08. The minimum atomic E-state index is -3.86. The minimum Gasteiger partial charge on any atom is -0.478 e. The summed E-state index contributed by atoms with van der Waals surface area (Å²) in [5.41, 5.74) is 0.339. The highest BCUT2D eigenvalue weighted by molar-refractivity contribution is 7.89. The lowest BCUT2D eigenvalue weighted by Gasteiger charge is -2.08. The quantitative estimate of drug-likeness (QED) is 0.687. The number of carboxylic acids is 1. The molecule has 0 amide bonds. The van der Waals surface area contributed by atoms with E-state index in [1.54, 1.807) is 6.92 Å². The Morgan fingerprint density at radius 1 is 1.45 bits per heavy atom. The molecule has 9 nitrogen and oxygen atoms in total. The Bertz CT molecular complexity index is 726. The number of hydrogen-bond acceptors (Lipinski definition) is 6. The fourth-order valence-corrected chi connectivity index (χ4v) is 2.77. The zero-order chi connectivity index (χ0) is 14.8. The van der Waals surface area contributed by atoms with E-state index >= 15 is 0 Å². The molecule has 106 valence electrons. The molecule has 0 spiro atoms. The number of aryl methyl sites for hydroxylation is 1. The molecule has 1 heterocycles. The first-order chi connectivity index (χ1) is 9.40. The van der Waals surface area contributed by atoms with Crippen LogP contribution in [0.4, 0.5) is 0 Å². The number of sulfonamides is 1. The highest BCUT2D eigenvalue weighted by atomic mass is 32.2. The molecule has 0 atom stereocenters. The van der Waals surface area contributed by atoms with Crippen LogP contribution in [0.3, 0.4) is 0 Å². The Hall–Kier alpha value is -2.33. The average molecular weight is 297 g/mol. The van der Waals surface area contributed by atoms with E-state index in [2.05, 4.69) is 25.3 Å². The van der Waals surface area contributed by atoms with Crippen molar-refractivity contribution in [1.29, 1.82) is 0 Å². The third kappa shape index (κ3) is 2.97. The number of H-pyrrole nitrogens is 1. The van der Waals surface area contributed by atoms with Crippen LogP contribution in [0.15, 0.2) is 23.1 Å². The van der Waals surface area contributed by atoms with Gasteiger partial charge in [0.15, 0.2) is 5.82 Å². The molecule has 1 aromatic heterocycles. The fraction of sp³-hybridized carbons (Fsp3) is 0.200. The summed E-state index contributed by atoms with van der Waals surface area (Å²) in [4.78, 5) is 10.8. The summed E-state index contributed by atoms with van der Waals surface area (Å²) in [6, 6.07) is 3.89. The number of aromatic amines is 1. The van der Waals surface area contributed by atoms with Gasteiger partial charge in [-0.05, 0) is 24.6 Å². The highest BCUT2D eigenvalue weighted by Gasteiger charge is 2.19. The molecule has 0 saturated heterocycles. The molecule has 0 saturated carbocycles. The van der Waals surface area contributed by atoms with E-state index in [0.29, 0.717) is 5.56 Å². The van der Waals surface area contributed by atoms with E-state index in [1.807, 2.05) is 0 Å². The first-order valence-electron chi connectivity index (χ1n) is 5.46. The SMILES string of the molecule is Cc1ccc(C(=O)O)cc1S(=O)(=O)NCc1nn[nH]n1. The van der Waals surface area contributed by atoms with Gasteiger partial charge in [0.1, 0.15) is 0 Å². The van der Waals surface area contributed by atoms with Gasteiger partial charge in [0.2, 0.25) is 10.0 Å². The van der Waals surface area contributed by atoms with Crippen LogP contribution in [0.25, 0.3) is 0 Å². The largest absolute Gasteiger partial charge is 0.478 e. The number of aromatic carboxylic acids is 1. The predicted molar refractivity (Wildman–Crippen MR) is 66.3 cm³/mol. The summed E-state index contributed by atoms with van der Waals surface area (Å²) in [6.07, 6.45) is 0. The van der Waals surface area contributed by atoms with Crippen molar-refractivity contribution in [3.05, 3.63) is 35.2 Å². The number of carboxylic acid groups (broad SMARTS) is 1. The Morgan fingerprint density at radius 3 is 2.80 bits per heavy atom. The second-order valence-electron chi connectivity index (χ2n) is 3.94. The van der Waals surface area contributed by atoms with Gasteiger partial charge in [0.05, 0.1) is 17.0 Å². The van der Waals surface area contributed by atoms with Gasteiger partial charge in [-0.25, -0.2) is 17.9 Å². The van der Waals surface area contributed by atoms with Gasteiger partial charge in [-0.3, -0.25) is 0 Å². The number of aromatic nitrogens is 4. The van der Waals surface area contributed by atoms with Crippen LogP contribution in [-0.2, 0) is 16.6 Å². The maximum Gasteiger partial charge on any atom is 0.335 e. The molecule has 0 aliphatic carbocycles. The number of nitrogens with zero attached hydrogens (tertiary/aromatic N) is 3. The van der Waals surface area contributed by atoms with Gasteiger partial charge in [0.25, 0.3) is 0 Å². The highest BCUT2D eigenvalue weighted by Crippen LogP contribution is 2.17. The van der Waals surface area contributed by atoms with Gasteiger partial charge in [-0.2, -0.15) is 5.21 Å². The van der Waals surface area contributed by atoms with Crippen molar-refractivity contribution >= 4 is 16.0 Å². The van der Waals surface area contributed by atoms with E-state index in [1.165, 1.54) is 12.1 Å². The van der Waals surface area contributed by atoms with Crippen LogP contribution >= 0.6 is 0 Å². The van der Waals surface area contributed by atoms with E-state index in [0.717, 1.165) is 6.07 Å². The van der Waals surface area contributed by atoms with Crippen molar-refractivity contribution in [2.75, 3.05) is 0 Å². The van der Waals surface area contributed by atoms with Crippen molar-refractivity contribution in [1.82, 2.24) is 25.3 Å². The Morgan fingerprint density at radius 2 is 2.20 bits per heavy atom. The average Bonchev–Trinajstić information content (AvgIpc) is 2.89. The standard InChI is InChI=1S/C10H11N5O4S/c1-6-2-3-7(10(16)17)4-8(6)20(18,19)11-5-9-12-14-15-13-9/h2-4,11H,5H2,1H3,(H,16,17)(H,12,13,14,15). The van der Waals surface area contributed by atoms with Gasteiger partial charge in [0, 0.05) is 0 Å². The Balaban J connectivity index is 2.28. The topological polar surface area (TPSA) is 138 Å². The molecule has 0 aliphatic rings. The Labute approximate surface area is 114 Å². The normalized spacial score (nSPS) is 11.4. The lowest BCUT2D eigenvalue weighted by molar-refractivity contribution is 0.0696. The van der Waals surface area contributed by atoms with Crippen molar-refractivity contribution in [3.63, 3.8) is 0 Å². The van der Waals surface area contributed by atoms with Gasteiger partial charge in [-0.1, -0.05) is 11.3 Å². The molecular formula is C10H11N5O4S. The number of hydrogen-bond donors (Lipinski definition) is 3. The maximum atomic E-state index is 12.1. The summed E-state index contributed by atoms with van der Waals surface area (Å²) in [5, 5.41) is 21.6. The van der Waals surface area contributed by atoms with Crippen LogP contribution < -0.4 is 4.72 Å². The second kappa shape index (κ2) is 5.35. The maximum absolute atomic E-state index is 12.1. The number of tetrazole rings is 1. The lowest BCUT2D eigenvalue weighted by atomic mass is 10.1. The van der Waals surface area contributed by atoms with E-state index in [-0.39, 0.29) is 22.8 Å². The van der Waals surface area contributed by atoms with E-state index in [4.69, 9.17) is 5.11 Å². The first kappa shape index (κ1) is 14.1. The van der Waals surface area contributed by atoms with Crippen molar-refractivity contribution in [2.45, 2.75) is 18.4 Å². The van der Waals surface area contributed by atoms with Crippen LogP contribution in [0.2, 0.25) is 0 Å². The summed E-state index contributed by atoms with van der Waals surface area (Å²) >= 11 is 0. The molecule has 0 fully saturated rings. The van der Waals surface area contributed by atoms with Gasteiger partial charge in [-0.15, -0.1) is 10.2 Å². The summed E-state index contributed by atoms with van der Waals surface area (Å²) < 4.78 is 26.5. The molecule has 10 heteroatoms. The van der Waals surface area contributed by atoms with Crippen LogP contribution in [0.1, 0.15) is 21.7 Å². The summed E-state index contributed by atoms with van der Waals surface area (Å²) in [6.45, 7) is 1.43. The molecule has 0 unspecified atom stereocenters. The molecule has 1 aromatic carbocycles. The van der Waals surface area contributed by atoms with Crippen LogP contribution in [0.5, 0.6) is 0 Å². The third-order valence-electron chi connectivity index (χ3n) is 2.53. The van der Waals surface area contributed by atoms with Crippen molar-refractivity contribution < 1.29 is 18.3 Å². The summed E-state index contributed by atoms with van der Waals surface area (Å²) in [5.74, 6) is -1.01. The van der Waals surface area contributed by atoms with Gasteiger partial charge >= 0.3 is 5.97 Å². The molecule has 0 aliphatic heterocycles. The van der Waals surface area contributed by atoms with E-state index < -0.39 is 16.0 Å². The van der Waals surface area contributed by atoms with Crippen molar-refractivity contribution in [3.8, 4) is 0 Å². The second-order valence-corrected chi connectivity index (χ2v) is 5.67. The number of benzene rings is 1. The fourth-order valence-electron chi connectivity index (χ4n) is 1.52.